The Balaban J connectivity index is 1.91. The van der Waals surface area contributed by atoms with E-state index in [0.29, 0.717) is 29.8 Å². The minimum Gasteiger partial charge on any atom is -0.384 e. The molecule has 154 valence electrons. The van der Waals surface area contributed by atoms with Gasteiger partial charge in [-0.05, 0) is 38.0 Å². The summed E-state index contributed by atoms with van der Waals surface area (Å²) in [6, 6.07) is 13.6. The lowest BCUT2D eigenvalue weighted by atomic mass is 9.63. The van der Waals surface area contributed by atoms with E-state index in [2.05, 4.69) is 11.4 Å². The van der Waals surface area contributed by atoms with E-state index >= 15 is 0 Å². The molecule has 0 fully saturated rings. The Hall–Kier alpha value is -3.92. The number of nitriles is 1. The van der Waals surface area contributed by atoms with E-state index in [4.69, 9.17) is 5.73 Å². The summed E-state index contributed by atoms with van der Waals surface area (Å²) < 4.78 is 14.8. The molecule has 0 radical (unpaired) electrons. The van der Waals surface area contributed by atoms with Crippen molar-refractivity contribution in [3.8, 4) is 6.07 Å². The number of carbonyl (C=O) groups is 2. The van der Waals surface area contributed by atoms with Crippen molar-refractivity contribution in [1.29, 1.82) is 5.26 Å². The number of halogens is 1. The van der Waals surface area contributed by atoms with E-state index in [1.165, 1.54) is 11.0 Å². The molecule has 2 heterocycles. The lowest BCUT2D eigenvalue weighted by Crippen LogP contribution is -2.51. The molecule has 5 rings (SSSR count). The summed E-state index contributed by atoms with van der Waals surface area (Å²) in [5, 5.41) is 13.0. The van der Waals surface area contributed by atoms with E-state index in [0.717, 1.165) is 5.56 Å². The number of aryl methyl sites for hydroxylation is 1. The summed E-state index contributed by atoms with van der Waals surface area (Å²) in [7, 11) is 0. The first kappa shape index (κ1) is 19.1. The summed E-state index contributed by atoms with van der Waals surface area (Å²) in [5.74, 6) is -1.28. The predicted molar refractivity (Wildman–Crippen MR) is 113 cm³/mol. The molecule has 0 saturated carbocycles. The third-order valence-electron chi connectivity index (χ3n) is 6.27. The van der Waals surface area contributed by atoms with E-state index in [-0.39, 0.29) is 34.9 Å². The van der Waals surface area contributed by atoms with Crippen molar-refractivity contribution in [2.75, 3.05) is 10.2 Å². The highest BCUT2D eigenvalue weighted by atomic mass is 19.1. The number of nitrogens with two attached hydrogens (primary N) is 1. The average Bonchev–Trinajstić information content (AvgIpc) is 3.01. The first-order valence-corrected chi connectivity index (χ1v) is 10.1. The second kappa shape index (κ2) is 6.54. The third-order valence-corrected chi connectivity index (χ3v) is 6.27. The highest BCUT2D eigenvalue weighted by molar-refractivity contribution is 6.19. The van der Waals surface area contributed by atoms with Gasteiger partial charge in [0, 0.05) is 28.9 Å². The molecule has 0 bridgehead atoms. The van der Waals surface area contributed by atoms with Gasteiger partial charge in [-0.1, -0.05) is 29.8 Å². The van der Waals surface area contributed by atoms with E-state index in [1.54, 1.807) is 24.3 Å². The van der Waals surface area contributed by atoms with Crippen LogP contribution in [0.25, 0.3) is 0 Å². The highest BCUT2D eigenvalue weighted by Crippen LogP contribution is 2.55. The number of nitrogens with zero attached hydrogens (tertiary/aromatic N) is 2. The van der Waals surface area contributed by atoms with Crippen LogP contribution in [0.4, 0.5) is 15.8 Å². The minimum absolute atomic E-state index is 0.0365. The molecular formula is C24H19FN4O2. The number of rotatable bonds is 1. The maximum absolute atomic E-state index is 14.8. The van der Waals surface area contributed by atoms with Crippen LogP contribution in [-0.2, 0) is 15.0 Å². The van der Waals surface area contributed by atoms with Crippen molar-refractivity contribution in [3.63, 3.8) is 0 Å². The van der Waals surface area contributed by atoms with Crippen molar-refractivity contribution < 1.29 is 14.0 Å². The predicted octanol–water partition coefficient (Wildman–Crippen LogP) is 3.55. The van der Waals surface area contributed by atoms with Crippen molar-refractivity contribution in [1.82, 2.24) is 0 Å². The van der Waals surface area contributed by atoms with Gasteiger partial charge in [0.05, 0.1) is 11.3 Å². The molecule has 7 heteroatoms. The molecule has 1 aliphatic carbocycles. The Kier molecular flexibility index (Phi) is 4.02. The maximum Gasteiger partial charge on any atom is 0.245 e. The van der Waals surface area contributed by atoms with Crippen LogP contribution in [0, 0.1) is 24.1 Å². The largest absolute Gasteiger partial charge is 0.384 e. The first-order valence-electron chi connectivity index (χ1n) is 10.1. The molecule has 2 aliphatic heterocycles. The number of benzene rings is 2. The Morgan fingerprint density at radius 1 is 1.19 bits per heavy atom. The molecule has 1 spiro atoms. The van der Waals surface area contributed by atoms with Crippen molar-refractivity contribution in [2.45, 2.75) is 31.6 Å². The zero-order chi connectivity index (χ0) is 21.9. The summed E-state index contributed by atoms with van der Waals surface area (Å²) in [6.45, 7) is 1.88. The summed E-state index contributed by atoms with van der Waals surface area (Å²) in [4.78, 5) is 28.3. The molecule has 3 N–H and O–H groups in total. The van der Waals surface area contributed by atoms with E-state index < -0.39 is 17.1 Å². The van der Waals surface area contributed by atoms with Crippen LogP contribution in [0.2, 0.25) is 0 Å². The zero-order valence-electron chi connectivity index (χ0n) is 16.8. The van der Waals surface area contributed by atoms with Crippen molar-refractivity contribution >= 4 is 23.1 Å². The molecule has 3 aliphatic rings. The standard InChI is InChI=1S/C24H19FN4O2/c1-13-9-10-17-14(11-13)24(23(31)28-17)15(12-26)22(27)29(18-6-3-2-5-16(18)25)19-7-4-8-20(30)21(19)24/h2-3,5-6,9-11H,4,7-8,27H2,1H3,(H,28,31). The van der Waals surface area contributed by atoms with Crippen LogP contribution in [0.15, 0.2) is 65.1 Å². The SMILES string of the molecule is Cc1ccc2c(c1)C1(C(=O)N2)C(C#N)=C(N)N(c2ccccc2F)C2=C1C(=O)CCC2. The summed E-state index contributed by atoms with van der Waals surface area (Å²) in [5.41, 5.74) is 7.59. The molecule has 0 aromatic heterocycles. The normalized spacial score (nSPS) is 22.4. The van der Waals surface area contributed by atoms with Crippen LogP contribution in [0.5, 0.6) is 0 Å². The van der Waals surface area contributed by atoms with Gasteiger partial charge in [-0.15, -0.1) is 0 Å². The lowest BCUT2D eigenvalue weighted by molar-refractivity contribution is -0.122. The van der Waals surface area contributed by atoms with Gasteiger partial charge in [0.25, 0.3) is 0 Å². The van der Waals surface area contributed by atoms with Crippen LogP contribution in [0.3, 0.4) is 0 Å². The second-order valence-electron chi connectivity index (χ2n) is 8.01. The molecule has 6 nitrogen and oxygen atoms in total. The summed E-state index contributed by atoms with van der Waals surface area (Å²) >= 11 is 0. The monoisotopic (exact) mass is 414 g/mol. The number of hydrogen-bond acceptors (Lipinski definition) is 5. The Bertz CT molecular complexity index is 1290. The molecule has 1 amide bonds. The zero-order valence-corrected chi connectivity index (χ0v) is 16.8. The fourth-order valence-electron chi connectivity index (χ4n) is 5.01. The molecule has 1 unspecified atom stereocenters. The first-order chi connectivity index (χ1) is 14.9. The molecular weight excluding hydrogens is 395 g/mol. The molecule has 2 aromatic rings. The van der Waals surface area contributed by atoms with Gasteiger partial charge in [-0.2, -0.15) is 5.26 Å². The number of Topliss-reactive ketones (excluding diaryl/α,β-unsaturated/α-hetero) is 1. The number of anilines is 2. The van der Waals surface area contributed by atoms with Crippen LogP contribution >= 0.6 is 0 Å². The Morgan fingerprint density at radius 2 is 1.97 bits per heavy atom. The Morgan fingerprint density at radius 3 is 2.71 bits per heavy atom. The van der Waals surface area contributed by atoms with Crippen molar-refractivity contribution in [3.05, 3.63) is 82.1 Å². The number of carbonyl (C=O) groups excluding carboxylic acids is 2. The van der Waals surface area contributed by atoms with Gasteiger partial charge in [0.15, 0.2) is 5.78 Å². The Labute approximate surface area is 178 Å². The van der Waals surface area contributed by atoms with Gasteiger partial charge < -0.3 is 11.1 Å². The summed E-state index contributed by atoms with van der Waals surface area (Å²) in [6.07, 6.45) is 1.24. The van der Waals surface area contributed by atoms with Gasteiger partial charge in [0.1, 0.15) is 23.1 Å². The molecule has 1 atom stereocenters. The molecule has 0 saturated heterocycles. The average molecular weight is 414 g/mol. The minimum atomic E-state index is -1.63. The quantitative estimate of drug-likeness (QED) is 0.744. The van der Waals surface area contributed by atoms with Crippen LogP contribution in [-0.4, -0.2) is 11.7 Å². The van der Waals surface area contributed by atoms with Crippen LogP contribution < -0.4 is 16.0 Å². The number of ketones is 1. The molecule has 31 heavy (non-hydrogen) atoms. The van der Waals surface area contributed by atoms with Gasteiger partial charge in [0.2, 0.25) is 5.91 Å². The van der Waals surface area contributed by atoms with Crippen molar-refractivity contribution in [2.24, 2.45) is 5.73 Å². The number of fused-ring (bicyclic) bond motifs is 3. The van der Waals surface area contributed by atoms with Gasteiger partial charge >= 0.3 is 0 Å². The smallest absolute Gasteiger partial charge is 0.245 e. The number of amides is 1. The van der Waals surface area contributed by atoms with Gasteiger partial charge in [-0.3, -0.25) is 14.5 Å². The number of allylic oxidation sites excluding steroid dienone is 1. The third kappa shape index (κ3) is 2.36. The van der Waals surface area contributed by atoms with Gasteiger partial charge in [-0.25, -0.2) is 4.39 Å². The highest BCUT2D eigenvalue weighted by Gasteiger charge is 2.60. The van der Waals surface area contributed by atoms with E-state index in [1.807, 2.05) is 19.1 Å². The van der Waals surface area contributed by atoms with E-state index in [9.17, 15) is 19.2 Å². The number of nitrogens with one attached hydrogen (secondary N) is 1. The molecule has 2 aromatic carbocycles. The fraction of sp³-hybridized carbons (Fsp3) is 0.208. The second-order valence-corrected chi connectivity index (χ2v) is 8.01. The maximum atomic E-state index is 14.8. The van der Waals surface area contributed by atoms with Crippen LogP contribution in [0.1, 0.15) is 30.4 Å². The lowest BCUT2D eigenvalue weighted by Gasteiger charge is -2.43. The number of hydrogen-bond donors (Lipinski definition) is 2. The fourth-order valence-corrected chi connectivity index (χ4v) is 5.01. The number of para-hydroxylation sites is 1. The topological polar surface area (TPSA) is 99.2 Å².